The highest BCUT2D eigenvalue weighted by Crippen LogP contribution is 2.26. The molecule has 2 saturated heterocycles. The summed E-state index contributed by atoms with van der Waals surface area (Å²) < 4.78 is 26.5. The van der Waals surface area contributed by atoms with Gasteiger partial charge in [-0.05, 0) is 50.6 Å². The van der Waals surface area contributed by atoms with Crippen molar-refractivity contribution in [2.75, 3.05) is 26.2 Å². The van der Waals surface area contributed by atoms with Crippen LogP contribution in [0.3, 0.4) is 0 Å². The van der Waals surface area contributed by atoms with Crippen molar-refractivity contribution in [3.63, 3.8) is 0 Å². The van der Waals surface area contributed by atoms with Crippen LogP contribution in [0, 0.1) is 6.92 Å². The number of benzene rings is 1. The molecule has 2 aliphatic heterocycles. The molecule has 0 spiro atoms. The lowest BCUT2D eigenvalue weighted by Crippen LogP contribution is -2.60. The van der Waals surface area contributed by atoms with Crippen LogP contribution in [-0.2, 0) is 10.0 Å². The lowest BCUT2D eigenvalue weighted by Gasteiger charge is -2.42. The molecule has 1 aromatic carbocycles. The molecule has 0 aromatic heterocycles. The first kappa shape index (κ1) is 13.1. The minimum absolute atomic E-state index is 0.423. The van der Waals surface area contributed by atoms with Gasteiger partial charge in [0.25, 0.3) is 0 Å². The summed E-state index contributed by atoms with van der Waals surface area (Å²) in [6.07, 6.45) is 2.50. The van der Waals surface area contributed by atoms with Crippen molar-refractivity contribution in [3.8, 4) is 0 Å². The molecule has 19 heavy (non-hydrogen) atoms. The molecule has 0 atom stereocenters. The zero-order valence-corrected chi connectivity index (χ0v) is 12.1. The average Bonchev–Trinajstić information content (AvgIpc) is 2.80. The number of rotatable bonds is 3. The molecule has 0 aliphatic carbocycles. The number of aryl methyl sites for hydroxylation is 1. The van der Waals surface area contributed by atoms with E-state index < -0.39 is 10.0 Å². The summed E-state index contributed by atoms with van der Waals surface area (Å²) in [7, 11) is -3.28. The number of hydrogen-bond acceptors (Lipinski definition) is 3. The van der Waals surface area contributed by atoms with Crippen molar-refractivity contribution in [1.29, 1.82) is 0 Å². The molecule has 2 heterocycles. The number of sulfonamides is 1. The van der Waals surface area contributed by atoms with Gasteiger partial charge < -0.3 is 0 Å². The van der Waals surface area contributed by atoms with Gasteiger partial charge in [-0.15, -0.1) is 0 Å². The van der Waals surface area contributed by atoms with Crippen LogP contribution >= 0.6 is 0 Å². The average molecular weight is 280 g/mol. The molecule has 0 amide bonds. The third-order valence-electron chi connectivity index (χ3n) is 4.11. The largest absolute Gasteiger partial charge is 0.298 e. The summed E-state index contributed by atoms with van der Waals surface area (Å²) in [6.45, 7) is 5.47. The zero-order chi connectivity index (χ0) is 13.5. The molecule has 0 radical (unpaired) electrons. The van der Waals surface area contributed by atoms with E-state index in [9.17, 15) is 8.42 Å². The standard InChI is InChI=1S/C14H20N2O2S/c1-12-5-4-6-14(9-12)19(17,18)16-10-13(11-16)15-7-2-3-8-15/h4-6,9,13H,2-3,7-8,10-11H2,1H3. The second-order valence-electron chi connectivity index (χ2n) is 5.54. The quantitative estimate of drug-likeness (QED) is 0.842. The van der Waals surface area contributed by atoms with Crippen LogP contribution in [0.15, 0.2) is 29.2 Å². The van der Waals surface area contributed by atoms with Gasteiger partial charge in [0.2, 0.25) is 10.0 Å². The van der Waals surface area contributed by atoms with Gasteiger partial charge in [-0.3, -0.25) is 4.90 Å². The fraction of sp³-hybridized carbons (Fsp3) is 0.571. The number of hydrogen-bond donors (Lipinski definition) is 0. The third kappa shape index (κ3) is 2.42. The van der Waals surface area contributed by atoms with Gasteiger partial charge in [0.15, 0.2) is 0 Å². The van der Waals surface area contributed by atoms with Crippen LogP contribution in [0.5, 0.6) is 0 Å². The van der Waals surface area contributed by atoms with Gasteiger partial charge in [0.05, 0.1) is 4.90 Å². The fourth-order valence-electron chi connectivity index (χ4n) is 2.88. The highest BCUT2D eigenvalue weighted by atomic mass is 32.2. The van der Waals surface area contributed by atoms with E-state index in [1.54, 1.807) is 22.5 Å². The smallest absolute Gasteiger partial charge is 0.243 e. The Bertz CT molecular complexity index is 559. The first-order valence-electron chi connectivity index (χ1n) is 6.88. The summed E-state index contributed by atoms with van der Waals surface area (Å²) in [5, 5.41) is 0. The first-order chi connectivity index (χ1) is 9.07. The van der Waals surface area contributed by atoms with Gasteiger partial charge in [0.1, 0.15) is 0 Å². The molecule has 3 rings (SSSR count). The van der Waals surface area contributed by atoms with Crippen LogP contribution in [-0.4, -0.2) is 49.8 Å². The second-order valence-corrected chi connectivity index (χ2v) is 7.47. The molecular weight excluding hydrogens is 260 g/mol. The van der Waals surface area contributed by atoms with E-state index in [0.29, 0.717) is 24.0 Å². The highest BCUT2D eigenvalue weighted by molar-refractivity contribution is 7.89. The summed E-state index contributed by atoms with van der Waals surface area (Å²) in [5.41, 5.74) is 0.984. The van der Waals surface area contributed by atoms with Gasteiger partial charge in [-0.1, -0.05) is 12.1 Å². The predicted molar refractivity (Wildman–Crippen MR) is 74.5 cm³/mol. The summed E-state index contributed by atoms with van der Waals surface area (Å²) in [6, 6.07) is 7.59. The third-order valence-corrected chi connectivity index (χ3v) is 5.94. The molecule has 0 bridgehead atoms. The van der Waals surface area contributed by atoms with Crippen molar-refractivity contribution < 1.29 is 8.42 Å². The predicted octanol–water partition coefficient (Wildman–Crippen LogP) is 1.46. The van der Waals surface area contributed by atoms with Crippen molar-refractivity contribution >= 4 is 10.0 Å². The SMILES string of the molecule is Cc1cccc(S(=O)(=O)N2CC(N3CCCC3)C2)c1. The number of likely N-dealkylation sites (tertiary alicyclic amines) is 1. The second kappa shape index (κ2) is 4.89. The lowest BCUT2D eigenvalue weighted by atomic mass is 10.1. The van der Waals surface area contributed by atoms with Crippen molar-refractivity contribution in [3.05, 3.63) is 29.8 Å². The topological polar surface area (TPSA) is 40.6 Å². The van der Waals surface area contributed by atoms with Gasteiger partial charge in [0, 0.05) is 19.1 Å². The minimum atomic E-state index is -3.28. The molecular formula is C14H20N2O2S. The molecule has 2 fully saturated rings. The van der Waals surface area contributed by atoms with Crippen LogP contribution < -0.4 is 0 Å². The van der Waals surface area contributed by atoms with Gasteiger partial charge >= 0.3 is 0 Å². The monoisotopic (exact) mass is 280 g/mol. The minimum Gasteiger partial charge on any atom is -0.298 e. The molecule has 104 valence electrons. The Morgan fingerprint density at radius 2 is 1.84 bits per heavy atom. The van der Waals surface area contributed by atoms with E-state index in [0.717, 1.165) is 18.7 Å². The van der Waals surface area contributed by atoms with E-state index in [1.807, 2.05) is 13.0 Å². The highest BCUT2D eigenvalue weighted by Gasteiger charge is 2.40. The van der Waals surface area contributed by atoms with E-state index in [-0.39, 0.29) is 0 Å². The molecule has 0 saturated carbocycles. The van der Waals surface area contributed by atoms with E-state index >= 15 is 0 Å². The molecule has 1 aromatic rings. The summed E-state index contributed by atoms with van der Waals surface area (Å²) in [4.78, 5) is 2.84. The molecule has 0 N–H and O–H groups in total. The molecule has 4 nitrogen and oxygen atoms in total. The van der Waals surface area contributed by atoms with Gasteiger partial charge in [-0.25, -0.2) is 8.42 Å². The maximum Gasteiger partial charge on any atom is 0.243 e. The Labute approximate surface area is 115 Å². The zero-order valence-electron chi connectivity index (χ0n) is 11.2. The van der Waals surface area contributed by atoms with Crippen molar-refractivity contribution in [1.82, 2.24) is 9.21 Å². The molecule has 2 aliphatic rings. The van der Waals surface area contributed by atoms with Crippen molar-refractivity contribution in [2.24, 2.45) is 0 Å². The van der Waals surface area contributed by atoms with Crippen LogP contribution in [0.25, 0.3) is 0 Å². The normalized spacial score (nSPS) is 22.6. The Kier molecular flexibility index (Phi) is 3.37. The molecule has 5 heteroatoms. The van der Waals surface area contributed by atoms with Crippen LogP contribution in [0.2, 0.25) is 0 Å². The van der Waals surface area contributed by atoms with Gasteiger partial charge in [-0.2, -0.15) is 4.31 Å². The van der Waals surface area contributed by atoms with Crippen molar-refractivity contribution in [2.45, 2.75) is 30.7 Å². The lowest BCUT2D eigenvalue weighted by molar-refractivity contribution is 0.110. The van der Waals surface area contributed by atoms with E-state index in [1.165, 1.54) is 12.8 Å². The maximum absolute atomic E-state index is 12.4. The molecule has 0 unspecified atom stereocenters. The Morgan fingerprint density at radius 1 is 1.16 bits per heavy atom. The fourth-order valence-corrected chi connectivity index (χ4v) is 4.50. The first-order valence-corrected chi connectivity index (χ1v) is 8.32. The Hall–Kier alpha value is -0.910. The maximum atomic E-state index is 12.4. The van der Waals surface area contributed by atoms with E-state index in [2.05, 4.69) is 4.90 Å². The Balaban J connectivity index is 1.70. The van der Waals surface area contributed by atoms with Crippen LogP contribution in [0.4, 0.5) is 0 Å². The van der Waals surface area contributed by atoms with Crippen LogP contribution in [0.1, 0.15) is 18.4 Å². The summed E-state index contributed by atoms with van der Waals surface area (Å²) in [5.74, 6) is 0. The van der Waals surface area contributed by atoms with E-state index in [4.69, 9.17) is 0 Å². The number of nitrogens with zero attached hydrogens (tertiary/aromatic N) is 2. The summed E-state index contributed by atoms with van der Waals surface area (Å²) >= 11 is 0. The Morgan fingerprint density at radius 3 is 2.47 bits per heavy atom.